The van der Waals surface area contributed by atoms with Crippen LogP contribution in [-0.2, 0) is 14.9 Å². The number of fused-ring (bicyclic) bond motifs is 1. The van der Waals surface area contributed by atoms with Crippen LogP contribution in [0.4, 0.5) is 0 Å². The van der Waals surface area contributed by atoms with Gasteiger partial charge in [-0.05, 0) is 41.5 Å². The molecule has 0 saturated carbocycles. The summed E-state index contributed by atoms with van der Waals surface area (Å²) in [4.78, 5) is 25.9. The fraction of sp³-hybridized carbons (Fsp3) is 0.417. The van der Waals surface area contributed by atoms with Gasteiger partial charge in [-0.1, -0.05) is 50.2 Å². The number of amides is 2. The molecule has 1 atom stereocenters. The lowest BCUT2D eigenvalue weighted by Gasteiger charge is -2.37. The number of hydrogen-bond acceptors (Lipinski definition) is 4. The summed E-state index contributed by atoms with van der Waals surface area (Å²) in [6.07, 6.45) is 1.93. The van der Waals surface area contributed by atoms with E-state index < -0.39 is 0 Å². The lowest BCUT2D eigenvalue weighted by atomic mass is 9.71. The smallest absolute Gasteiger partial charge is 0.252 e. The van der Waals surface area contributed by atoms with Gasteiger partial charge >= 0.3 is 0 Å². The summed E-state index contributed by atoms with van der Waals surface area (Å²) in [7, 11) is 1.60. The molecule has 0 aliphatic heterocycles. The molecule has 2 amide bonds. The van der Waals surface area contributed by atoms with Gasteiger partial charge in [-0.15, -0.1) is 11.8 Å². The molecule has 0 heterocycles. The molecule has 2 aromatic carbocycles. The van der Waals surface area contributed by atoms with E-state index >= 15 is 0 Å². The molecule has 1 aliphatic rings. The monoisotopic (exact) mass is 426 g/mol. The largest absolute Gasteiger partial charge is 0.383 e. The molecular weight excluding hydrogens is 396 g/mol. The lowest BCUT2D eigenvalue weighted by molar-refractivity contribution is -0.118. The summed E-state index contributed by atoms with van der Waals surface area (Å²) >= 11 is 1.38. The number of benzene rings is 2. The molecule has 1 aliphatic carbocycles. The fourth-order valence-electron chi connectivity index (χ4n) is 3.87. The molecular formula is C24H30N2O3S. The Balaban J connectivity index is 1.69. The van der Waals surface area contributed by atoms with Crippen LogP contribution in [0.3, 0.4) is 0 Å². The normalized spacial score (nSPS) is 17.1. The molecule has 1 unspecified atom stereocenters. The van der Waals surface area contributed by atoms with Crippen LogP contribution in [-0.4, -0.2) is 37.8 Å². The van der Waals surface area contributed by atoms with Crippen LogP contribution in [0, 0.1) is 0 Å². The summed E-state index contributed by atoms with van der Waals surface area (Å²) in [5.41, 5.74) is 3.22. The molecule has 30 heavy (non-hydrogen) atoms. The predicted octanol–water partition coefficient (Wildman–Crippen LogP) is 4.08. The number of hydrogen-bond donors (Lipinski definition) is 2. The van der Waals surface area contributed by atoms with Gasteiger partial charge in [0.25, 0.3) is 5.91 Å². The summed E-state index contributed by atoms with van der Waals surface area (Å²) in [5, 5.41) is 6.03. The third-order valence-corrected chi connectivity index (χ3v) is 6.62. The molecule has 6 heteroatoms. The minimum atomic E-state index is -0.0996. The number of ether oxygens (including phenoxy) is 1. The molecule has 2 N–H and O–H groups in total. The van der Waals surface area contributed by atoms with E-state index in [2.05, 4.69) is 42.7 Å². The molecule has 5 nitrogen and oxygen atoms in total. The van der Waals surface area contributed by atoms with Crippen LogP contribution < -0.4 is 10.6 Å². The van der Waals surface area contributed by atoms with Gasteiger partial charge in [0.1, 0.15) is 0 Å². The van der Waals surface area contributed by atoms with Crippen LogP contribution >= 0.6 is 11.8 Å². The van der Waals surface area contributed by atoms with E-state index in [-0.39, 0.29) is 29.0 Å². The minimum Gasteiger partial charge on any atom is -0.383 e. The van der Waals surface area contributed by atoms with Crippen molar-refractivity contribution >= 4 is 23.6 Å². The zero-order valence-electron chi connectivity index (χ0n) is 17.9. The zero-order valence-corrected chi connectivity index (χ0v) is 18.7. The van der Waals surface area contributed by atoms with Crippen molar-refractivity contribution in [1.82, 2.24) is 10.6 Å². The van der Waals surface area contributed by atoms with Crippen LogP contribution in [0.25, 0.3) is 0 Å². The van der Waals surface area contributed by atoms with Crippen LogP contribution in [0.1, 0.15) is 54.2 Å². The van der Waals surface area contributed by atoms with Crippen LogP contribution in [0.2, 0.25) is 0 Å². The summed E-state index contributed by atoms with van der Waals surface area (Å²) < 4.78 is 4.94. The van der Waals surface area contributed by atoms with Crippen molar-refractivity contribution in [3.05, 3.63) is 65.2 Å². The Morgan fingerprint density at radius 1 is 1.13 bits per heavy atom. The van der Waals surface area contributed by atoms with Crippen molar-refractivity contribution in [2.45, 2.75) is 43.0 Å². The van der Waals surface area contributed by atoms with Gasteiger partial charge in [-0.2, -0.15) is 0 Å². The lowest BCUT2D eigenvalue weighted by Crippen LogP contribution is -2.35. The van der Waals surface area contributed by atoms with Gasteiger partial charge in [0.2, 0.25) is 5.91 Å². The van der Waals surface area contributed by atoms with Gasteiger partial charge in [-0.25, -0.2) is 0 Å². The maximum atomic E-state index is 13.1. The Bertz CT molecular complexity index is 898. The minimum absolute atomic E-state index is 0.00266. The molecule has 0 saturated heterocycles. The van der Waals surface area contributed by atoms with E-state index in [1.165, 1.54) is 22.9 Å². The number of nitrogens with one attached hydrogen (secondary N) is 2. The first-order valence-electron chi connectivity index (χ1n) is 10.3. The van der Waals surface area contributed by atoms with Gasteiger partial charge < -0.3 is 15.4 Å². The highest BCUT2D eigenvalue weighted by Gasteiger charge is 2.33. The van der Waals surface area contributed by atoms with E-state index in [4.69, 9.17) is 4.74 Å². The third-order valence-electron chi connectivity index (χ3n) is 5.55. The van der Waals surface area contributed by atoms with Crippen LogP contribution in [0.15, 0.2) is 53.4 Å². The van der Waals surface area contributed by atoms with Crippen molar-refractivity contribution in [3.63, 3.8) is 0 Å². The first-order valence-corrected chi connectivity index (χ1v) is 11.3. The molecule has 3 rings (SSSR count). The number of carbonyl (C=O) groups is 2. The molecule has 0 fully saturated rings. The predicted molar refractivity (Wildman–Crippen MR) is 121 cm³/mol. The standard InChI is InChI=1S/C24H30N2O3S/c1-24(2)13-12-20(17-8-4-6-10-19(17)24)26-23(28)18-9-5-7-11-21(18)30-16-22(27)25-14-15-29-3/h4-11,20H,12-16H2,1-3H3,(H,25,27)(H,26,28). The number of methoxy groups -OCH3 is 1. The van der Waals surface area contributed by atoms with E-state index in [1.807, 2.05) is 30.3 Å². The Kier molecular flexibility index (Phi) is 7.56. The van der Waals surface area contributed by atoms with Crippen molar-refractivity contribution in [2.75, 3.05) is 26.0 Å². The first kappa shape index (κ1) is 22.4. The Hall–Kier alpha value is -2.31. The first-order chi connectivity index (χ1) is 14.4. The van der Waals surface area contributed by atoms with Gasteiger partial charge in [0.05, 0.1) is 24.0 Å². The van der Waals surface area contributed by atoms with Crippen molar-refractivity contribution in [1.29, 1.82) is 0 Å². The maximum absolute atomic E-state index is 13.1. The molecule has 0 bridgehead atoms. The van der Waals surface area contributed by atoms with Gasteiger partial charge in [-0.3, -0.25) is 9.59 Å². The highest BCUT2D eigenvalue weighted by Crippen LogP contribution is 2.41. The number of thioether (sulfide) groups is 1. The highest BCUT2D eigenvalue weighted by atomic mass is 32.2. The average Bonchev–Trinajstić information content (AvgIpc) is 2.75. The maximum Gasteiger partial charge on any atom is 0.252 e. The van der Waals surface area contributed by atoms with Crippen molar-refractivity contribution in [2.24, 2.45) is 0 Å². The second-order valence-corrected chi connectivity index (χ2v) is 9.18. The molecule has 2 aromatic rings. The molecule has 0 spiro atoms. The number of rotatable bonds is 8. The SMILES string of the molecule is COCCNC(=O)CSc1ccccc1C(=O)NC1CCC(C)(C)c2ccccc21. The van der Waals surface area contributed by atoms with Gasteiger partial charge in [0, 0.05) is 18.6 Å². The van der Waals surface area contributed by atoms with E-state index in [0.717, 1.165) is 17.7 Å². The second-order valence-electron chi connectivity index (χ2n) is 8.16. The summed E-state index contributed by atoms with van der Waals surface area (Å²) in [6, 6.07) is 15.8. The van der Waals surface area contributed by atoms with E-state index in [9.17, 15) is 9.59 Å². The Morgan fingerprint density at radius 3 is 2.67 bits per heavy atom. The van der Waals surface area contributed by atoms with Crippen LogP contribution in [0.5, 0.6) is 0 Å². The second kappa shape index (κ2) is 10.1. The van der Waals surface area contributed by atoms with Crippen molar-refractivity contribution < 1.29 is 14.3 Å². The summed E-state index contributed by atoms with van der Waals surface area (Å²) in [5.74, 6) is 0.0853. The fourth-order valence-corrected chi connectivity index (χ4v) is 4.75. The zero-order chi connectivity index (χ0) is 21.6. The number of carbonyl (C=O) groups excluding carboxylic acids is 2. The van der Waals surface area contributed by atoms with E-state index in [1.54, 1.807) is 7.11 Å². The van der Waals surface area contributed by atoms with Gasteiger partial charge in [0.15, 0.2) is 0 Å². The third kappa shape index (κ3) is 5.43. The van der Waals surface area contributed by atoms with Crippen molar-refractivity contribution in [3.8, 4) is 0 Å². The highest BCUT2D eigenvalue weighted by molar-refractivity contribution is 8.00. The van der Waals surface area contributed by atoms with E-state index in [0.29, 0.717) is 18.7 Å². The Morgan fingerprint density at radius 2 is 1.87 bits per heavy atom. The molecule has 0 aromatic heterocycles. The topological polar surface area (TPSA) is 67.4 Å². The average molecular weight is 427 g/mol. The Labute approximate surface area is 183 Å². The quantitative estimate of drug-likeness (QED) is 0.493. The summed E-state index contributed by atoms with van der Waals surface area (Å²) in [6.45, 7) is 5.48. The molecule has 0 radical (unpaired) electrons. The molecule has 160 valence electrons.